The minimum atomic E-state index is -3.30. The van der Waals surface area contributed by atoms with E-state index in [1.807, 2.05) is 18.2 Å². The number of H-pyrrole nitrogens is 1. The van der Waals surface area contributed by atoms with Gasteiger partial charge in [-0.1, -0.05) is 36.4 Å². The number of benzene rings is 2. The number of hydrogen-bond donors (Lipinski definition) is 2. The molecule has 154 valence electrons. The molecule has 0 spiro atoms. The van der Waals surface area contributed by atoms with Crippen LogP contribution in [0.5, 0.6) is 0 Å². The van der Waals surface area contributed by atoms with E-state index in [2.05, 4.69) is 40.0 Å². The van der Waals surface area contributed by atoms with Crippen molar-refractivity contribution in [1.82, 2.24) is 14.7 Å². The van der Waals surface area contributed by atoms with Crippen LogP contribution in [0.2, 0.25) is 0 Å². The molecule has 5 nitrogen and oxygen atoms in total. The fourth-order valence-corrected chi connectivity index (χ4v) is 4.94. The van der Waals surface area contributed by atoms with Crippen LogP contribution >= 0.6 is 0 Å². The van der Waals surface area contributed by atoms with E-state index in [4.69, 9.17) is 4.98 Å². The van der Waals surface area contributed by atoms with Crippen LogP contribution in [0.1, 0.15) is 58.2 Å². The van der Waals surface area contributed by atoms with Gasteiger partial charge in [-0.3, -0.25) is 0 Å². The minimum Gasteiger partial charge on any atom is -0.342 e. The Morgan fingerprint density at radius 2 is 1.66 bits per heavy atom. The van der Waals surface area contributed by atoms with Crippen LogP contribution in [0.4, 0.5) is 0 Å². The Labute approximate surface area is 173 Å². The van der Waals surface area contributed by atoms with Gasteiger partial charge in [-0.2, -0.15) is 0 Å². The van der Waals surface area contributed by atoms with Gasteiger partial charge < -0.3 is 4.98 Å². The first-order valence-electron chi connectivity index (χ1n) is 10.3. The molecule has 6 heteroatoms. The van der Waals surface area contributed by atoms with Gasteiger partial charge in [0.15, 0.2) is 0 Å². The van der Waals surface area contributed by atoms with E-state index in [1.54, 1.807) is 20.8 Å². The van der Waals surface area contributed by atoms with Gasteiger partial charge in [0.1, 0.15) is 5.82 Å². The van der Waals surface area contributed by atoms with Crippen molar-refractivity contribution >= 4 is 21.1 Å². The van der Waals surface area contributed by atoms with Gasteiger partial charge in [-0.05, 0) is 69.7 Å². The maximum atomic E-state index is 12.4. The highest BCUT2D eigenvalue weighted by Gasteiger charge is 2.33. The maximum absolute atomic E-state index is 12.4. The summed E-state index contributed by atoms with van der Waals surface area (Å²) in [4.78, 5) is 8.35. The smallest absolute Gasteiger partial charge is 0.216 e. The number of nitrogens with one attached hydrogen (secondary N) is 2. The first kappa shape index (κ1) is 20.1. The summed E-state index contributed by atoms with van der Waals surface area (Å²) in [6, 6.07) is 16.7. The lowest BCUT2D eigenvalue weighted by atomic mass is 9.86. The van der Waals surface area contributed by atoms with Crippen molar-refractivity contribution in [1.29, 1.82) is 0 Å². The molecule has 29 heavy (non-hydrogen) atoms. The lowest BCUT2D eigenvalue weighted by Gasteiger charge is -2.30. The summed E-state index contributed by atoms with van der Waals surface area (Å²) in [5, 5.41) is 0. The van der Waals surface area contributed by atoms with Crippen LogP contribution in [0.25, 0.3) is 22.2 Å². The average Bonchev–Trinajstić information content (AvgIpc) is 3.11. The second-order valence-corrected chi connectivity index (χ2v) is 11.5. The summed E-state index contributed by atoms with van der Waals surface area (Å²) in [7, 11) is -3.30. The summed E-state index contributed by atoms with van der Waals surface area (Å²) in [6.45, 7) is 5.21. The topological polar surface area (TPSA) is 74.8 Å². The number of rotatable bonds is 4. The number of aromatic amines is 1. The molecule has 3 aromatic rings. The lowest BCUT2D eigenvalue weighted by Crippen LogP contribution is -2.45. The monoisotopic (exact) mass is 411 g/mol. The Hall–Kier alpha value is -2.18. The van der Waals surface area contributed by atoms with Crippen LogP contribution in [-0.4, -0.2) is 29.2 Å². The van der Waals surface area contributed by atoms with E-state index in [9.17, 15) is 8.42 Å². The molecular weight excluding hydrogens is 382 g/mol. The van der Waals surface area contributed by atoms with E-state index in [0.717, 1.165) is 48.1 Å². The highest BCUT2D eigenvalue weighted by molar-refractivity contribution is 7.90. The number of nitrogens with zero attached hydrogens (tertiary/aromatic N) is 1. The maximum Gasteiger partial charge on any atom is 0.216 e. The van der Waals surface area contributed by atoms with Gasteiger partial charge in [-0.25, -0.2) is 18.1 Å². The van der Waals surface area contributed by atoms with Gasteiger partial charge in [0.2, 0.25) is 10.0 Å². The van der Waals surface area contributed by atoms with Crippen molar-refractivity contribution < 1.29 is 8.42 Å². The number of imidazole rings is 1. The molecule has 4 rings (SSSR count). The van der Waals surface area contributed by atoms with Crippen molar-refractivity contribution in [3.63, 3.8) is 0 Å². The molecule has 0 saturated heterocycles. The molecule has 2 aromatic carbocycles. The predicted octanol–water partition coefficient (Wildman–Crippen LogP) is 4.97. The average molecular weight is 412 g/mol. The first-order chi connectivity index (χ1) is 13.7. The summed E-state index contributed by atoms with van der Waals surface area (Å²) >= 11 is 0. The molecule has 1 fully saturated rings. The Morgan fingerprint density at radius 3 is 2.31 bits per heavy atom. The molecule has 2 N–H and O–H groups in total. The van der Waals surface area contributed by atoms with E-state index in [-0.39, 0.29) is 6.04 Å². The SMILES string of the molecule is CC(C)(C)S(=O)(=O)N[C@H]1CC[C@H](c2nc3cc(-c4ccccc4)ccc3[nH]2)CC1. The summed E-state index contributed by atoms with van der Waals surface area (Å²) in [5.74, 6) is 1.36. The number of fused-ring (bicyclic) bond motifs is 1. The molecule has 0 radical (unpaired) electrons. The van der Waals surface area contributed by atoms with E-state index >= 15 is 0 Å². The summed E-state index contributed by atoms with van der Waals surface area (Å²) in [6.07, 6.45) is 3.55. The Balaban J connectivity index is 1.46. The van der Waals surface area contributed by atoms with Crippen molar-refractivity contribution in [2.24, 2.45) is 0 Å². The molecular formula is C23H29N3O2S. The third kappa shape index (κ3) is 4.23. The van der Waals surface area contributed by atoms with Crippen LogP contribution < -0.4 is 4.72 Å². The first-order valence-corrected chi connectivity index (χ1v) is 11.8. The molecule has 0 unspecified atom stereocenters. The second kappa shape index (κ2) is 7.58. The second-order valence-electron chi connectivity index (χ2n) is 9.00. The fraction of sp³-hybridized carbons (Fsp3) is 0.435. The van der Waals surface area contributed by atoms with Crippen LogP contribution in [0, 0.1) is 0 Å². The number of sulfonamides is 1. The van der Waals surface area contributed by atoms with Gasteiger partial charge in [0.25, 0.3) is 0 Å². The molecule has 0 aliphatic heterocycles. The van der Waals surface area contributed by atoms with Crippen LogP contribution in [-0.2, 0) is 10.0 Å². The number of hydrogen-bond acceptors (Lipinski definition) is 3. The standard InChI is InChI=1S/C23H29N3O2S/c1-23(2,3)29(27,28)26-19-12-9-17(10-13-19)22-24-20-14-11-18(15-21(20)25-22)16-7-5-4-6-8-16/h4-8,11,14-15,17,19,26H,9-10,12-13H2,1-3H3,(H,24,25)/t17-,19-. The Bertz CT molecular complexity index is 1090. The predicted molar refractivity (Wildman–Crippen MR) is 118 cm³/mol. The molecule has 1 aromatic heterocycles. The molecule has 0 bridgehead atoms. The van der Waals surface area contributed by atoms with Crippen LogP contribution in [0.3, 0.4) is 0 Å². The number of aromatic nitrogens is 2. The summed E-state index contributed by atoms with van der Waals surface area (Å²) < 4.78 is 26.9. The van der Waals surface area contributed by atoms with Gasteiger partial charge >= 0.3 is 0 Å². The van der Waals surface area contributed by atoms with Crippen LogP contribution in [0.15, 0.2) is 48.5 Å². The van der Waals surface area contributed by atoms with Crippen molar-refractivity contribution in [2.75, 3.05) is 0 Å². The fourth-order valence-electron chi connectivity index (χ4n) is 3.91. The highest BCUT2D eigenvalue weighted by atomic mass is 32.2. The molecule has 1 heterocycles. The molecule has 0 atom stereocenters. The Morgan fingerprint density at radius 1 is 0.966 bits per heavy atom. The quantitative estimate of drug-likeness (QED) is 0.636. The third-order valence-electron chi connectivity index (χ3n) is 5.85. The van der Waals surface area contributed by atoms with Gasteiger partial charge in [0.05, 0.1) is 15.8 Å². The van der Waals surface area contributed by atoms with E-state index in [0.29, 0.717) is 5.92 Å². The summed E-state index contributed by atoms with van der Waals surface area (Å²) in [5.41, 5.74) is 4.38. The lowest BCUT2D eigenvalue weighted by molar-refractivity contribution is 0.364. The van der Waals surface area contributed by atoms with Crippen molar-refractivity contribution in [3.05, 3.63) is 54.4 Å². The largest absolute Gasteiger partial charge is 0.342 e. The van der Waals surface area contributed by atoms with Crippen molar-refractivity contribution in [2.45, 2.75) is 63.2 Å². The highest BCUT2D eigenvalue weighted by Crippen LogP contribution is 2.34. The molecule has 1 saturated carbocycles. The van der Waals surface area contributed by atoms with E-state index in [1.165, 1.54) is 5.56 Å². The minimum absolute atomic E-state index is 0.0181. The van der Waals surface area contributed by atoms with Gasteiger partial charge in [-0.15, -0.1) is 0 Å². The third-order valence-corrected chi connectivity index (χ3v) is 8.11. The van der Waals surface area contributed by atoms with E-state index < -0.39 is 14.8 Å². The molecule has 1 aliphatic carbocycles. The molecule has 1 aliphatic rings. The zero-order valence-electron chi connectivity index (χ0n) is 17.3. The zero-order chi connectivity index (χ0) is 20.6. The normalized spacial score (nSPS) is 20.8. The molecule has 0 amide bonds. The zero-order valence-corrected chi connectivity index (χ0v) is 18.1. The van der Waals surface area contributed by atoms with Crippen molar-refractivity contribution in [3.8, 4) is 11.1 Å². The van der Waals surface area contributed by atoms with Gasteiger partial charge in [0, 0.05) is 12.0 Å². The Kier molecular flexibility index (Phi) is 5.25.